The van der Waals surface area contributed by atoms with Gasteiger partial charge in [0, 0.05) is 12.8 Å². The minimum Gasteiger partial charge on any atom is -0.218 e. The van der Waals surface area contributed by atoms with E-state index >= 15 is 0 Å². The quantitative estimate of drug-likeness (QED) is 0.172. The highest BCUT2D eigenvalue weighted by atomic mass is 32.2. The Morgan fingerprint density at radius 3 is 1.21 bits per heavy atom. The molecule has 0 aromatic carbocycles. The summed E-state index contributed by atoms with van der Waals surface area (Å²) in [5.74, 6) is 2.03. The number of thioether (sulfide) groups is 1. The molecule has 0 unspecified atom stereocenters. The monoisotopic (exact) mass is 407 g/mol. The van der Waals surface area contributed by atoms with Gasteiger partial charge in [-0.2, -0.15) is 0 Å². The standard InChI is InChI=1S/C24H45N3S/c1-4-6-8-10-12-14-16-18-20-22-25-23(27-24(26-22)28-3)21-19-17-15-13-11-9-7-5-2/h4-21H2,1-3H3. The van der Waals surface area contributed by atoms with Crippen LogP contribution in [0.3, 0.4) is 0 Å². The van der Waals surface area contributed by atoms with Gasteiger partial charge in [0.25, 0.3) is 0 Å². The summed E-state index contributed by atoms with van der Waals surface area (Å²) < 4.78 is 0. The van der Waals surface area contributed by atoms with Gasteiger partial charge in [0.1, 0.15) is 11.6 Å². The molecule has 0 bridgehead atoms. The van der Waals surface area contributed by atoms with E-state index in [2.05, 4.69) is 30.1 Å². The molecule has 162 valence electrons. The maximum atomic E-state index is 4.76. The highest BCUT2D eigenvalue weighted by Gasteiger charge is 2.06. The predicted octanol–water partition coefficient (Wildman–Crippen LogP) is 7.96. The van der Waals surface area contributed by atoms with E-state index in [4.69, 9.17) is 4.98 Å². The molecule has 0 saturated heterocycles. The summed E-state index contributed by atoms with van der Waals surface area (Å²) in [6, 6.07) is 0. The fraction of sp³-hybridized carbons (Fsp3) is 0.875. The summed E-state index contributed by atoms with van der Waals surface area (Å²) >= 11 is 1.64. The second-order valence-electron chi connectivity index (χ2n) is 8.10. The lowest BCUT2D eigenvalue weighted by molar-refractivity contribution is 0.562. The fourth-order valence-corrected chi connectivity index (χ4v) is 3.99. The molecule has 0 aliphatic carbocycles. The topological polar surface area (TPSA) is 38.7 Å². The molecule has 1 heterocycles. The second-order valence-corrected chi connectivity index (χ2v) is 8.88. The third-order valence-electron chi connectivity index (χ3n) is 5.40. The molecule has 0 fully saturated rings. The number of hydrogen-bond acceptors (Lipinski definition) is 4. The molecule has 1 aromatic rings. The fourth-order valence-electron chi connectivity index (χ4n) is 3.59. The smallest absolute Gasteiger partial charge is 0.190 e. The molecule has 1 rings (SSSR count). The van der Waals surface area contributed by atoms with Crippen LogP contribution < -0.4 is 0 Å². The van der Waals surface area contributed by atoms with Crippen molar-refractivity contribution in [3.63, 3.8) is 0 Å². The summed E-state index contributed by atoms with van der Waals surface area (Å²) in [4.78, 5) is 14.0. The van der Waals surface area contributed by atoms with E-state index in [9.17, 15) is 0 Å². The molecule has 1 aromatic heterocycles. The lowest BCUT2D eigenvalue weighted by Gasteiger charge is -2.07. The van der Waals surface area contributed by atoms with E-state index in [0.717, 1.165) is 29.6 Å². The normalized spacial score (nSPS) is 11.2. The zero-order chi connectivity index (χ0) is 20.3. The predicted molar refractivity (Wildman–Crippen MR) is 124 cm³/mol. The zero-order valence-electron chi connectivity index (χ0n) is 19.0. The first-order chi connectivity index (χ1) is 13.8. The van der Waals surface area contributed by atoms with E-state index in [0.29, 0.717) is 0 Å². The number of nitrogens with zero attached hydrogens (tertiary/aromatic N) is 3. The Morgan fingerprint density at radius 1 is 0.500 bits per heavy atom. The third kappa shape index (κ3) is 13.5. The SMILES string of the molecule is CCCCCCCCCCc1nc(CCCCCCCCCC)nc(SC)n1. The van der Waals surface area contributed by atoms with Gasteiger partial charge in [-0.15, -0.1) is 0 Å². The molecule has 0 saturated carbocycles. The molecule has 0 radical (unpaired) electrons. The van der Waals surface area contributed by atoms with Gasteiger partial charge in [-0.05, 0) is 19.1 Å². The molecule has 0 amide bonds. The van der Waals surface area contributed by atoms with Gasteiger partial charge in [-0.1, -0.05) is 116 Å². The molecule has 0 aliphatic rings. The van der Waals surface area contributed by atoms with E-state index in [1.807, 2.05) is 0 Å². The van der Waals surface area contributed by atoms with Crippen LogP contribution in [0.15, 0.2) is 5.16 Å². The Kier molecular flexibility index (Phi) is 16.7. The van der Waals surface area contributed by atoms with Gasteiger partial charge in [0.05, 0.1) is 0 Å². The van der Waals surface area contributed by atoms with Crippen molar-refractivity contribution in [3.8, 4) is 0 Å². The average Bonchev–Trinajstić information content (AvgIpc) is 2.71. The number of aromatic nitrogens is 3. The van der Waals surface area contributed by atoms with Gasteiger partial charge in [-0.3, -0.25) is 0 Å². The van der Waals surface area contributed by atoms with Crippen molar-refractivity contribution in [3.05, 3.63) is 11.6 Å². The van der Waals surface area contributed by atoms with Crippen molar-refractivity contribution in [2.45, 2.75) is 135 Å². The van der Waals surface area contributed by atoms with Gasteiger partial charge in [0.15, 0.2) is 5.16 Å². The third-order valence-corrected chi connectivity index (χ3v) is 5.95. The molecular formula is C24H45N3S. The summed E-state index contributed by atoms with van der Waals surface area (Å²) in [5, 5.41) is 0.902. The van der Waals surface area contributed by atoms with Crippen LogP contribution in [0.1, 0.15) is 128 Å². The largest absolute Gasteiger partial charge is 0.218 e. The number of aryl methyl sites for hydroxylation is 2. The van der Waals surface area contributed by atoms with Crippen LogP contribution in [0.2, 0.25) is 0 Å². The summed E-state index contributed by atoms with van der Waals surface area (Å²) in [6.07, 6.45) is 25.7. The lowest BCUT2D eigenvalue weighted by atomic mass is 10.1. The van der Waals surface area contributed by atoms with E-state index < -0.39 is 0 Å². The van der Waals surface area contributed by atoms with E-state index in [-0.39, 0.29) is 0 Å². The van der Waals surface area contributed by atoms with Gasteiger partial charge >= 0.3 is 0 Å². The van der Waals surface area contributed by atoms with Crippen LogP contribution in [0.4, 0.5) is 0 Å². The van der Waals surface area contributed by atoms with E-state index in [1.54, 1.807) is 11.8 Å². The van der Waals surface area contributed by atoms with Crippen LogP contribution in [0, 0.1) is 0 Å². The highest BCUT2D eigenvalue weighted by molar-refractivity contribution is 7.98. The van der Waals surface area contributed by atoms with Crippen molar-refractivity contribution in [2.75, 3.05) is 6.26 Å². The maximum absolute atomic E-state index is 4.76. The van der Waals surface area contributed by atoms with Gasteiger partial charge in [-0.25, -0.2) is 15.0 Å². The Bertz CT molecular complexity index is 441. The first-order valence-corrected chi connectivity index (χ1v) is 13.3. The first-order valence-electron chi connectivity index (χ1n) is 12.1. The molecule has 28 heavy (non-hydrogen) atoms. The van der Waals surface area contributed by atoms with Crippen molar-refractivity contribution >= 4 is 11.8 Å². The van der Waals surface area contributed by atoms with Crippen LogP contribution in [-0.4, -0.2) is 21.2 Å². The maximum Gasteiger partial charge on any atom is 0.190 e. The van der Waals surface area contributed by atoms with Crippen molar-refractivity contribution in [1.82, 2.24) is 15.0 Å². The number of rotatable bonds is 19. The minimum absolute atomic E-state index is 0.902. The summed E-state index contributed by atoms with van der Waals surface area (Å²) in [7, 11) is 0. The van der Waals surface area contributed by atoms with Gasteiger partial charge < -0.3 is 0 Å². The molecule has 3 nitrogen and oxygen atoms in total. The minimum atomic E-state index is 0.902. The molecule has 4 heteroatoms. The van der Waals surface area contributed by atoms with Crippen molar-refractivity contribution in [2.24, 2.45) is 0 Å². The Labute approximate surface area is 179 Å². The molecule has 0 atom stereocenters. The summed E-state index contributed by atoms with van der Waals surface area (Å²) in [6.45, 7) is 4.56. The summed E-state index contributed by atoms with van der Waals surface area (Å²) in [5.41, 5.74) is 0. The molecule has 0 spiro atoms. The van der Waals surface area contributed by atoms with Crippen molar-refractivity contribution in [1.29, 1.82) is 0 Å². The van der Waals surface area contributed by atoms with E-state index in [1.165, 1.54) is 103 Å². The molecule has 0 aliphatic heterocycles. The lowest BCUT2D eigenvalue weighted by Crippen LogP contribution is -2.05. The van der Waals surface area contributed by atoms with Crippen LogP contribution in [-0.2, 0) is 12.8 Å². The molecular weight excluding hydrogens is 362 g/mol. The van der Waals surface area contributed by atoms with Gasteiger partial charge in [0.2, 0.25) is 0 Å². The number of hydrogen-bond donors (Lipinski definition) is 0. The number of unbranched alkanes of at least 4 members (excludes halogenated alkanes) is 14. The molecule has 0 N–H and O–H groups in total. The Balaban J connectivity index is 2.22. The second kappa shape index (κ2) is 18.4. The Hall–Kier alpha value is -0.640. The first kappa shape index (κ1) is 25.4. The zero-order valence-corrected chi connectivity index (χ0v) is 19.8. The van der Waals surface area contributed by atoms with Crippen molar-refractivity contribution < 1.29 is 0 Å². The van der Waals surface area contributed by atoms with Crippen LogP contribution in [0.5, 0.6) is 0 Å². The average molecular weight is 408 g/mol. The van der Waals surface area contributed by atoms with Crippen LogP contribution in [0.25, 0.3) is 0 Å². The Morgan fingerprint density at radius 2 is 0.857 bits per heavy atom. The van der Waals surface area contributed by atoms with Crippen LogP contribution >= 0.6 is 11.8 Å². The highest BCUT2D eigenvalue weighted by Crippen LogP contribution is 2.14.